The zero-order valence-corrected chi connectivity index (χ0v) is 15.7. The van der Waals surface area contributed by atoms with Crippen LogP contribution < -0.4 is 0 Å². The van der Waals surface area contributed by atoms with E-state index in [1.54, 1.807) is 26.8 Å². The Bertz CT molecular complexity index is 746. The van der Waals surface area contributed by atoms with Crippen LogP contribution in [0.25, 0.3) is 0 Å². The number of likely N-dealkylation sites (tertiary alicyclic amines) is 1. The molecular weight excluding hydrogens is 364 g/mol. The van der Waals surface area contributed by atoms with E-state index in [1.807, 2.05) is 0 Å². The number of nitrogens with zero attached hydrogens (tertiary/aromatic N) is 4. The number of pyridine rings is 1. The number of amides is 3. The van der Waals surface area contributed by atoms with Crippen LogP contribution in [0.5, 0.6) is 0 Å². The van der Waals surface area contributed by atoms with Gasteiger partial charge in [-0.05, 0) is 12.1 Å². The first-order chi connectivity index (χ1) is 13.6. The summed E-state index contributed by atoms with van der Waals surface area (Å²) in [5.41, 5.74) is 0.704. The fraction of sp³-hybridized carbons (Fsp3) is 0.579. The molecule has 3 amide bonds. The summed E-state index contributed by atoms with van der Waals surface area (Å²) in [5, 5.41) is 0. The molecule has 0 saturated carbocycles. The smallest absolute Gasteiger partial charge is 0.272 e. The Morgan fingerprint density at radius 3 is 2.25 bits per heavy atom. The summed E-state index contributed by atoms with van der Waals surface area (Å²) < 4.78 is 11.4. The Morgan fingerprint density at radius 2 is 1.61 bits per heavy atom. The third-order valence-electron chi connectivity index (χ3n) is 5.60. The van der Waals surface area contributed by atoms with E-state index < -0.39 is 5.79 Å². The van der Waals surface area contributed by atoms with Gasteiger partial charge < -0.3 is 24.2 Å². The van der Waals surface area contributed by atoms with Crippen LogP contribution in [-0.4, -0.2) is 96.2 Å². The normalized spacial score (nSPS) is 21.8. The average Bonchev–Trinajstić information content (AvgIpc) is 3.21. The topological polar surface area (TPSA) is 92.3 Å². The summed E-state index contributed by atoms with van der Waals surface area (Å²) in [4.78, 5) is 45.7. The third kappa shape index (κ3) is 3.72. The van der Waals surface area contributed by atoms with Gasteiger partial charge in [0.1, 0.15) is 5.69 Å². The van der Waals surface area contributed by atoms with Crippen LogP contribution in [0.15, 0.2) is 18.3 Å². The maximum absolute atomic E-state index is 12.8. The van der Waals surface area contributed by atoms with Crippen molar-refractivity contribution >= 4 is 18.2 Å². The summed E-state index contributed by atoms with van der Waals surface area (Å²) in [6.07, 6.45) is 3.57. The number of rotatable bonds is 3. The van der Waals surface area contributed by atoms with Gasteiger partial charge in [0.25, 0.3) is 11.8 Å². The first-order valence-corrected chi connectivity index (χ1v) is 9.62. The van der Waals surface area contributed by atoms with Crippen LogP contribution in [0.2, 0.25) is 0 Å². The fourth-order valence-electron chi connectivity index (χ4n) is 3.89. The highest BCUT2D eigenvalue weighted by atomic mass is 16.7. The summed E-state index contributed by atoms with van der Waals surface area (Å²) in [6.45, 7) is 4.27. The standard InChI is InChI=1S/C19H24N4O5/c24-14-21-7-9-23(10-8-21)17(25)15-1-4-20-16(13-15)18(26)22-5-2-19(3-6-22)27-11-12-28-19/h1,4,13-14H,2-3,5-12H2. The van der Waals surface area contributed by atoms with Gasteiger partial charge in [-0.1, -0.05) is 0 Å². The molecule has 0 aliphatic carbocycles. The molecule has 9 nitrogen and oxygen atoms in total. The number of piperidine rings is 1. The van der Waals surface area contributed by atoms with E-state index in [2.05, 4.69) is 4.98 Å². The average molecular weight is 388 g/mol. The van der Waals surface area contributed by atoms with Gasteiger partial charge in [0.2, 0.25) is 6.41 Å². The first-order valence-electron chi connectivity index (χ1n) is 9.62. The molecule has 4 heterocycles. The molecule has 0 unspecified atom stereocenters. The van der Waals surface area contributed by atoms with Crippen molar-refractivity contribution in [2.45, 2.75) is 18.6 Å². The molecule has 150 valence electrons. The summed E-state index contributed by atoms with van der Waals surface area (Å²) in [5.74, 6) is -0.869. The monoisotopic (exact) mass is 388 g/mol. The van der Waals surface area contributed by atoms with Gasteiger partial charge in [-0.15, -0.1) is 0 Å². The minimum Gasteiger partial charge on any atom is -0.347 e. The maximum Gasteiger partial charge on any atom is 0.272 e. The van der Waals surface area contributed by atoms with Crippen LogP contribution in [0.4, 0.5) is 0 Å². The molecule has 3 aliphatic heterocycles. The fourth-order valence-corrected chi connectivity index (χ4v) is 3.89. The minimum absolute atomic E-state index is 0.146. The Balaban J connectivity index is 1.40. The lowest BCUT2D eigenvalue weighted by Crippen LogP contribution is -2.48. The molecule has 0 aromatic carbocycles. The lowest BCUT2D eigenvalue weighted by molar-refractivity contribution is -0.181. The molecule has 1 spiro atoms. The maximum atomic E-state index is 12.8. The molecule has 1 aromatic heterocycles. The molecule has 0 bridgehead atoms. The molecule has 0 radical (unpaired) electrons. The lowest BCUT2D eigenvalue weighted by atomic mass is 10.0. The molecule has 3 aliphatic rings. The second kappa shape index (κ2) is 7.84. The quantitative estimate of drug-likeness (QED) is 0.676. The zero-order valence-electron chi connectivity index (χ0n) is 15.7. The van der Waals surface area contributed by atoms with Crippen molar-refractivity contribution in [2.24, 2.45) is 0 Å². The third-order valence-corrected chi connectivity index (χ3v) is 5.60. The predicted molar refractivity (Wildman–Crippen MR) is 97.6 cm³/mol. The molecular formula is C19H24N4O5. The summed E-state index contributed by atoms with van der Waals surface area (Å²) in [7, 11) is 0. The second-order valence-corrected chi connectivity index (χ2v) is 7.26. The van der Waals surface area contributed by atoms with Gasteiger partial charge >= 0.3 is 0 Å². The van der Waals surface area contributed by atoms with E-state index in [1.165, 1.54) is 6.20 Å². The Kier molecular flexibility index (Phi) is 5.27. The molecule has 1 aromatic rings. The van der Waals surface area contributed by atoms with Crippen LogP contribution in [0, 0.1) is 0 Å². The number of aromatic nitrogens is 1. The predicted octanol–water partition coefficient (Wildman–Crippen LogP) is -0.0251. The number of hydrogen-bond acceptors (Lipinski definition) is 6. The Labute approximate surface area is 163 Å². The van der Waals surface area contributed by atoms with E-state index >= 15 is 0 Å². The lowest BCUT2D eigenvalue weighted by Gasteiger charge is -2.37. The largest absolute Gasteiger partial charge is 0.347 e. The highest BCUT2D eigenvalue weighted by Gasteiger charge is 2.41. The van der Waals surface area contributed by atoms with Crippen molar-refractivity contribution in [1.29, 1.82) is 0 Å². The Hall–Kier alpha value is -2.52. The van der Waals surface area contributed by atoms with E-state index in [0.29, 0.717) is 70.9 Å². The van der Waals surface area contributed by atoms with Gasteiger partial charge in [0.15, 0.2) is 5.79 Å². The number of carbonyl (C=O) groups is 3. The van der Waals surface area contributed by atoms with E-state index in [0.717, 1.165) is 6.41 Å². The second-order valence-electron chi connectivity index (χ2n) is 7.26. The van der Waals surface area contributed by atoms with Crippen molar-refractivity contribution in [1.82, 2.24) is 19.7 Å². The molecule has 3 fully saturated rings. The van der Waals surface area contributed by atoms with E-state index in [9.17, 15) is 14.4 Å². The SMILES string of the molecule is O=CN1CCN(C(=O)c2ccnc(C(=O)N3CCC4(CC3)OCCO4)c2)CC1. The molecule has 3 saturated heterocycles. The number of piperazine rings is 1. The minimum atomic E-state index is -0.536. The number of hydrogen-bond donors (Lipinski definition) is 0. The molecule has 9 heteroatoms. The van der Waals surface area contributed by atoms with E-state index in [4.69, 9.17) is 9.47 Å². The van der Waals surface area contributed by atoms with Crippen LogP contribution >= 0.6 is 0 Å². The summed E-state index contributed by atoms with van der Waals surface area (Å²) >= 11 is 0. The van der Waals surface area contributed by atoms with Crippen LogP contribution in [0.1, 0.15) is 33.7 Å². The van der Waals surface area contributed by atoms with Gasteiger partial charge in [-0.2, -0.15) is 0 Å². The molecule has 0 atom stereocenters. The summed E-state index contributed by atoms with van der Waals surface area (Å²) in [6, 6.07) is 3.18. The van der Waals surface area contributed by atoms with Gasteiger partial charge in [-0.25, -0.2) is 0 Å². The highest BCUT2D eigenvalue weighted by Crippen LogP contribution is 2.31. The van der Waals surface area contributed by atoms with Crippen LogP contribution in [-0.2, 0) is 14.3 Å². The van der Waals surface area contributed by atoms with Gasteiger partial charge in [-0.3, -0.25) is 19.4 Å². The van der Waals surface area contributed by atoms with Crippen molar-refractivity contribution in [2.75, 3.05) is 52.5 Å². The molecule has 0 N–H and O–H groups in total. The molecule has 4 rings (SSSR count). The van der Waals surface area contributed by atoms with Crippen molar-refractivity contribution in [3.63, 3.8) is 0 Å². The van der Waals surface area contributed by atoms with E-state index in [-0.39, 0.29) is 17.5 Å². The van der Waals surface area contributed by atoms with Crippen molar-refractivity contribution in [3.8, 4) is 0 Å². The van der Waals surface area contributed by atoms with Crippen LogP contribution in [0.3, 0.4) is 0 Å². The van der Waals surface area contributed by atoms with Crippen molar-refractivity contribution < 1.29 is 23.9 Å². The van der Waals surface area contributed by atoms with Gasteiger partial charge in [0.05, 0.1) is 13.2 Å². The highest BCUT2D eigenvalue weighted by molar-refractivity contribution is 5.98. The first kappa shape index (κ1) is 18.8. The number of ether oxygens (including phenoxy) is 2. The van der Waals surface area contributed by atoms with Gasteiger partial charge in [0, 0.05) is 63.9 Å². The number of carbonyl (C=O) groups excluding carboxylic acids is 3. The molecule has 28 heavy (non-hydrogen) atoms. The zero-order chi connectivity index (χ0) is 19.6. The Morgan fingerprint density at radius 1 is 0.964 bits per heavy atom. The van der Waals surface area contributed by atoms with Crippen molar-refractivity contribution in [3.05, 3.63) is 29.6 Å².